The van der Waals surface area contributed by atoms with Gasteiger partial charge in [-0.05, 0) is 42.9 Å². The van der Waals surface area contributed by atoms with Crippen LogP contribution in [0.15, 0.2) is 41.2 Å². The van der Waals surface area contributed by atoms with Gasteiger partial charge in [0.15, 0.2) is 6.04 Å². The Kier molecular flexibility index (Phi) is 7.60. The molecule has 1 aliphatic rings. The summed E-state index contributed by atoms with van der Waals surface area (Å²) in [5, 5.41) is 11.7. The normalized spacial score (nSPS) is 14.3. The van der Waals surface area contributed by atoms with E-state index in [2.05, 4.69) is 11.4 Å². The van der Waals surface area contributed by atoms with Gasteiger partial charge in [-0.15, -0.1) is 0 Å². The molecule has 0 fully saturated rings. The van der Waals surface area contributed by atoms with Crippen LogP contribution in [0, 0.1) is 11.3 Å². The molecular weight excluding hydrogens is 394 g/mol. The van der Waals surface area contributed by atoms with Crippen molar-refractivity contribution in [3.63, 3.8) is 0 Å². The summed E-state index contributed by atoms with van der Waals surface area (Å²) in [6.07, 6.45) is 5.89. The number of esters is 1. The Morgan fingerprint density at radius 3 is 2.55 bits per heavy atom. The lowest BCUT2D eigenvalue weighted by atomic mass is 9.95. The number of hydrogen-bond donors (Lipinski definition) is 1. The van der Waals surface area contributed by atoms with Gasteiger partial charge in [0.2, 0.25) is 0 Å². The second-order valence-corrected chi connectivity index (χ2v) is 7.65. The summed E-state index contributed by atoms with van der Waals surface area (Å²) >= 11 is 0. The molecule has 1 atom stereocenters. The number of pyridine rings is 1. The third-order valence-electron chi connectivity index (χ3n) is 5.64. The Balaban J connectivity index is 2.01. The van der Waals surface area contributed by atoms with Crippen LogP contribution < -0.4 is 10.9 Å². The minimum absolute atomic E-state index is 0.0119. The number of aromatic nitrogens is 1. The van der Waals surface area contributed by atoms with E-state index in [-0.39, 0.29) is 18.5 Å². The summed E-state index contributed by atoms with van der Waals surface area (Å²) in [5.41, 5.74) is 2.02. The molecule has 31 heavy (non-hydrogen) atoms. The van der Waals surface area contributed by atoms with Gasteiger partial charge < -0.3 is 14.6 Å². The monoisotopic (exact) mass is 421 g/mol. The summed E-state index contributed by atoms with van der Waals surface area (Å²) in [7, 11) is 1.25. The fraction of sp³-hybridized carbons (Fsp3) is 0.417. The van der Waals surface area contributed by atoms with Crippen LogP contribution in [-0.4, -0.2) is 23.6 Å². The highest BCUT2D eigenvalue weighted by Crippen LogP contribution is 2.21. The van der Waals surface area contributed by atoms with Crippen LogP contribution >= 0.6 is 0 Å². The van der Waals surface area contributed by atoms with Crippen molar-refractivity contribution in [2.45, 2.75) is 57.5 Å². The van der Waals surface area contributed by atoms with Crippen molar-refractivity contribution in [1.29, 1.82) is 5.26 Å². The van der Waals surface area contributed by atoms with E-state index in [1.165, 1.54) is 7.11 Å². The molecule has 7 nitrogen and oxygen atoms in total. The molecular formula is C24H27N3O4. The van der Waals surface area contributed by atoms with Gasteiger partial charge in [0, 0.05) is 12.2 Å². The molecule has 0 aliphatic heterocycles. The van der Waals surface area contributed by atoms with Crippen LogP contribution in [0.5, 0.6) is 0 Å². The topological polar surface area (TPSA) is 101 Å². The summed E-state index contributed by atoms with van der Waals surface area (Å²) in [4.78, 5) is 38.7. The number of nitrogens with zero attached hydrogens (tertiary/aromatic N) is 2. The molecule has 1 N–H and O–H groups in total. The van der Waals surface area contributed by atoms with E-state index >= 15 is 0 Å². The minimum atomic E-state index is -1.02. The first-order valence-electron chi connectivity index (χ1n) is 10.6. The highest BCUT2D eigenvalue weighted by molar-refractivity contribution is 5.97. The van der Waals surface area contributed by atoms with Crippen molar-refractivity contribution in [2.75, 3.05) is 7.11 Å². The number of methoxy groups -OCH3 is 1. The molecule has 162 valence electrons. The second kappa shape index (κ2) is 10.6. The zero-order valence-electron chi connectivity index (χ0n) is 17.7. The minimum Gasteiger partial charge on any atom is -0.467 e. The van der Waals surface area contributed by atoms with Gasteiger partial charge in [-0.2, -0.15) is 5.26 Å². The predicted octanol–water partition coefficient (Wildman–Crippen LogP) is 3.07. The highest BCUT2D eigenvalue weighted by Gasteiger charge is 2.27. The standard InChI is InChI=1S/C24H27N3O4/c1-31-24(30)21(17-10-6-4-7-11-17)26-22(28)19-16-18-12-5-2-3-8-13-20(18)27(23(19)29)15-9-14-25/h4,6-7,10-11,16,21H,2-3,5,8-9,12-13,15H2,1H3,(H,26,28). The van der Waals surface area contributed by atoms with Gasteiger partial charge >= 0.3 is 5.97 Å². The van der Waals surface area contributed by atoms with E-state index in [4.69, 9.17) is 10.00 Å². The maximum atomic E-state index is 13.2. The first-order valence-corrected chi connectivity index (χ1v) is 10.6. The molecule has 1 unspecified atom stereocenters. The number of amides is 1. The highest BCUT2D eigenvalue weighted by atomic mass is 16.5. The summed E-state index contributed by atoms with van der Waals surface area (Å²) < 4.78 is 6.44. The van der Waals surface area contributed by atoms with E-state index in [0.29, 0.717) is 5.56 Å². The van der Waals surface area contributed by atoms with E-state index in [1.54, 1.807) is 34.9 Å². The molecule has 0 radical (unpaired) electrons. The molecule has 0 spiro atoms. The first-order chi connectivity index (χ1) is 15.1. The van der Waals surface area contributed by atoms with Gasteiger partial charge in [0.05, 0.1) is 19.6 Å². The molecule has 1 aromatic heterocycles. The number of nitrogens with one attached hydrogen (secondary N) is 1. The van der Waals surface area contributed by atoms with Crippen molar-refractivity contribution in [1.82, 2.24) is 9.88 Å². The van der Waals surface area contributed by atoms with Gasteiger partial charge in [0.1, 0.15) is 5.56 Å². The molecule has 1 heterocycles. The van der Waals surface area contributed by atoms with Gasteiger partial charge in [0.25, 0.3) is 11.5 Å². The van der Waals surface area contributed by atoms with Crippen LogP contribution in [0.3, 0.4) is 0 Å². The second-order valence-electron chi connectivity index (χ2n) is 7.65. The van der Waals surface area contributed by atoms with Gasteiger partial charge in [-0.25, -0.2) is 4.79 Å². The summed E-state index contributed by atoms with van der Waals surface area (Å²) in [6, 6.07) is 11.5. The molecule has 3 rings (SSSR count). The SMILES string of the molecule is COC(=O)C(NC(=O)c1cc2c(n(CCC#N)c1=O)CCCCCC2)c1ccccc1. The molecule has 2 aromatic rings. The first kappa shape index (κ1) is 22.3. The lowest BCUT2D eigenvalue weighted by molar-refractivity contribution is -0.143. The van der Waals surface area contributed by atoms with E-state index in [1.807, 2.05) is 6.07 Å². The predicted molar refractivity (Wildman–Crippen MR) is 115 cm³/mol. The van der Waals surface area contributed by atoms with Gasteiger partial charge in [-0.1, -0.05) is 43.2 Å². The number of ether oxygens (including phenoxy) is 1. The molecule has 1 amide bonds. The van der Waals surface area contributed by atoms with Crippen LogP contribution in [-0.2, 0) is 28.9 Å². The molecule has 0 bridgehead atoms. The molecule has 0 saturated carbocycles. The van der Waals surface area contributed by atoms with E-state index in [9.17, 15) is 14.4 Å². The third kappa shape index (κ3) is 5.21. The zero-order valence-corrected chi connectivity index (χ0v) is 17.7. The Morgan fingerprint density at radius 1 is 1.16 bits per heavy atom. The molecule has 1 aliphatic carbocycles. The van der Waals surface area contributed by atoms with Crippen LogP contribution in [0.25, 0.3) is 0 Å². The van der Waals surface area contributed by atoms with Crippen molar-refractivity contribution in [2.24, 2.45) is 0 Å². The fourth-order valence-corrected chi connectivity index (χ4v) is 4.05. The van der Waals surface area contributed by atoms with Gasteiger partial charge in [-0.3, -0.25) is 9.59 Å². The smallest absolute Gasteiger partial charge is 0.333 e. The van der Waals surface area contributed by atoms with Crippen LogP contribution in [0.4, 0.5) is 0 Å². The van der Waals surface area contributed by atoms with Crippen molar-refractivity contribution < 1.29 is 14.3 Å². The largest absolute Gasteiger partial charge is 0.467 e. The lowest BCUT2D eigenvalue weighted by Crippen LogP contribution is -2.39. The maximum absolute atomic E-state index is 13.2. The maximum Gasteiger partial charge on any atom is 0.333 e. The summed E-state index contributed by atoms with van der Waals surface area (Å²) in [6.45, 7) is 0.248. The van der Waals surface area contributed by atoms with E-state index < -0.39 is 23.5 Å². The Bertz CT molecular complexity index is 1040. The number of benzene rings is 1. The number of fused-ring (bicyclic) bond motifs is 1. The average Bonchev–Trinajstić information content (AvgIpc) is 2.77. The van der Waals surface area contributed by atoms with Crippen LogP contribution in [0.2, 0.25) is 0 Å². The van der Waals surface area contributed by atoms with Crippen molar-refractivity contribution >= 4 is 11.9 Å². The molecule has 1 aromatic carbocycles. The number of carbonyl (C=O) groups excluding carboxylic acids is 2. The molecule has 0 saturated heterocycles. The molecule has 7 heteroatoms. The average molecular weight is 421 g/mol. The number of hydrogen-bond acceptors (Lipinski definition) is 5. The van der Waals surface area contributed by atoms with Crippen molar-refractivity contribution in [3.8, 4) is 6.07 Å². The Morgan fingerprint density at radius 2 is 1.87 bits per heavy atom. The van der Waals surface area contributed by atoms with E-state index in [0.717, 1.165) is 49.8 Å². The number of rotatable bonds is 6. The Labute approximate surface area is 181 Å². The number of nitriles is 1. The number of aryl methyl sites for hydroxylation is 1. The Hall–Kier alpha value is -3.40. The van der Waals surface area contributed by atoms with Crippen LogP contribution in [0.1, 0.15) is 65.3 Å². The summed E-state index contributed by atoms with van der Waals surface area (Å²) in [5.74, 6) is -1.24. The lowest BCUT2D eigenvalue weighted by Gasteiger charge is -2.21. The number of carbonyl (C=O) groups is 2. The third-order valence-corrected chi connectivity index (χ3v) is 5.64. The van der Waals surface area contributed by atoms with Crippen molar-refractivity contribution in [3.05, 3.63) is 69.1 Å². The zero-order chi connectivity index (χ0) is 22.2. The fourth-order valence-electron chi connectivity index (χ4n) is 4.05. The quantitative estimate of drug-likeness (QED) is 0.723.